The van der Waals surface area contributed by atoms with Crippen molar-refractivity contribution in [3.8, 4) is 11.5 Å². The molecule has 1 saturated heterocycles. The number of carbonyl (C=O) groups is 2. The van der Waals surface area contributed by atoms with Crippen LogP contribution in [-0.4, -0.2) is 44.0 Å². The SMILES string of the molecule is COc1ccc(CNC(=O)CC(=O)N2CCCC(C)C2)cc1OC. The van der Waals surface area contributed by atoms with E-state index in [2.05, 4.69) is 12.2 Å². The van der Waals surface area contributed by atoms with Crippen LogP contribution in [0, 0.1) is 5.92 Å². The lowest BCUT2D eigenvalue weighted by Gasteiger charge is -2.30. The number of hydrogen-bond acceptors (Lipinski definition) is 4. The highest BCUT2D eigenvalue weighted by Crippen LogP contribution is 2.27. The highest BCUT2D eigenvalue weighted by atomic mass is 16.5. The lowest BCUT2D eigenvalue weighted by Crippen LogP contribution is -2.41. The highest BCUT2D eigenvalue weighted by Gasteiger charge is 2.22. The number of nitrogens with one attached hydrogen (secondary N) is 1. The first-order valence-corrected chi connectivity index (χ1v) is 8.29. The highest BCUT2D eigenvalue weighted by molar-refractivity contribution is 5.96. The molecular weight excluding hydrogens is 308 g/mol. The van der Waals surface area contributed by atoms with Gasteiger partial charge in [-0.1, -0.05) is 13.0 Å². The number of hydrogen-bond donors (Lipinski definition) is 1. The van der Waals surface area contributed by atoms with E-state index < -0.39 is 0 Å². The molecule has 6 heteroatoms. The minimum absolute atomic E-state index is 0.0913. The predicted molar refractivity (Wildman–Crippen MR) is 91.0 cm³/mol. The van der Waals surface area contributed by atoms with Crippen molar-refractivity contribution in [1.29, 1.82) is 0 Å². The van der Waals surface area contributed by atoms with Crippen molar-refractivity contribution >= 4 is 11.8 Å². The average molecular weight is 334 g/mol. The molecule has 6 nitrogen and oxygen atoms in total. The van der Waals surface area contributed by atoms with E-state index in [0.717, 1.165) is 31.5 Å². The van der Waals surface area contributed by atoms with E-state index in [1.807, 2.05) is 12.1 Å². The van der Waals surface area contributed by atoms with E-state index in [0.29, 0.717) is 24.0 Å². The topological polar surface area (TPSA) is 67.9 Å². The van der Waals surface area contributed by atoms with Crippen LogP contribution in [0.1, 0.15) is 31.7 Å². The van der Waals surface area contributed by atoms with Crippen LogP contribution in [0.4, 0.5) is 0 Å². The molecule has 2 rings (SSSR count). The molecule has 24 heavy (non-hydrogen) atoms. The number of nitrogens with zero attached hydrogens (tertiary/aromatic N) is 1. The number of rotatable bonds is 6. The standard InChI is InChI=1S/C18H26N2O4/c1-13-5-4-8-20(12-13)18(22)10-17(21)19-11-14-6-7-15(23-2)16(9-14)24-3/h6-7,9,13H,4-5,8,10-12H2,1-3H3,(H,19,21). The molecule has 1 aliphatic heterocycles. The molecule has 1 aliphatic rings. The van der Waals surface area contributed by atoms with Gasteiger partial charge >= 0.3 is 0 Å². The van der Waals surface area contributed by atoms with Crippen molar-refractivity contribution < 1.29 is 19.1 Å². The van der Waals surface area contributed by atoms with E-state index in [4.69, 9.17) is 9.47 Å². The van der Waals surface area contributed by atoms with Gasteiger partial charge in [0.25, 0.3) is 0 Å². The molecule has 1 heterocycles. The molecule has 2 amide bonds. The van der Waals surface area contributed by atoms with Gasteiger partial charge in [0, 0.05) is 19.6 Å². The summed E-state index contributed by atoms with van der Waals surface area (Å²) in [4.78, 5) is 26.0. The van der Waals surface area contributed by atoms with Crippen LogP contribution in [0.3, 0.4) is 0 Å². The van der Waals surface area contributed by atoms with Crippen molar-refractivity contribution in [2.45, 2.75) is 32.7 Å². The van der Waals surface area contributed by atoms with E-state index in [1.54, 1.807) is 25.2 Å². The second-order valence-electron chi connectivity index (χ2n) is 6.23. The maximum atomic E-state index is 12.2. The number of likely N-dealkylation sites (tertiary alicyclic amines) is 1. The molecule has 1 N–H and O–H groups in total. The van der Waals surface area contributed by atoms with Crippen LogP contribution in [0.15, 0.2) is 18.2 Å². The molecule has 0 aliphatic carbocycles. The van der Waals surface area contributed by atoms with Gasteiger partial charge in [0.2, 0.25) is 11.8 Å². The van der Waals surface area contributed by atoms with Gasteiger partial charge < -0.3 is 19.7 Å². The Morgan fingerprint density at radius 1 is 1.25 bits per heavy atom. The van der Waals surface area contributed by atoms with Crippen LogP contribution in [0.5, 0.6) is 11.5 Å². The molecule has 0 spiro atoms. The third-order valence-electron chi connectivity index (χ3n) is 4.26. The van der Waals surface area contributed by atoms with Gasteiger partial charge in [0.05, 0.1) is 14.2 Å². The Morgan fingerprint density at radius 2 is 2.00 bits per heavy atom. The van der Waals surface area contributed by atoms with Gasteiger partial charge in [0.1, 0.15) is 6.42 Å². The molecule has 0 aromatic heterocycles. The molecule has 0 saturated carbocycles. The zero-order chi connectivity index (χ0) is 17.5. The van der Waals surface area contributed by atoms with E-state index in [1.165, 1.54) is 0 Å². The fourth-order valence-corrected chi connectivity index (χ4v) is 2.92. The van der Waals surface area contributed by atoms with Gasteiger partial charge in [-0.2, -0.15) is 0 Å². The normalized spacial score (nSPS) is 17.3. The summed E-state index contributed by atoms with van der Waals surface area (Å²) >= 11 is 0. The number of methoxy groups -OCH3 is 2. The fraction of sp³-hybridized carbons (Fsp3) is 0.556. The summed E-state index contributed by atoms with van der Waals surface area (Å²) in [7, 11) is 3.14. The van der Waals surface area contributed by atoms with Crippen molar-refractivity contribution in [1.82, 2.24) is 10.2 Å². The summed E-state index contributed by atoms with van der Waals surface area (Å²) in [6.07, 6.45) is 2.06. The first-order valence-electron chi connectivity index (χ1n) is 8.29. The summed E-state index contributed by atoms with van der Waals surface area (Å²) in [5.41, 5.74) is 0.889. The summed E-state index contributed by atoms with van der Waals surface area (Å²) in [5, 5.41) is 2.79. The molecule has 0 bridgehead atoms. The monoisotopic (exact) mass is 334 g/mol. The third-order valence-corrected chi connectivity index (χ3v) is 4.26. The molecule has 1 unspecified atom stereocenters. The second kappa shape index (κ2) is 8.57. The molecule has 1 atom stereocenters. The maximum absolute atomic E-state index is 12.2. The molecule has 0 radical (unpaired) electrons. The number of piperidine rings is 1. The maximum Gasteiger partial charge on any atom is 0.232 e. The molecule has 1 fully saturated rings. The lowest BCUT2D eigenvalue weighted by molar-refractivity contribution is -0.137. The fourth-order valence-electron chi connectivity index (χ4n) is 2.92. The zero-order valence-electron chi connectivity index (χ0n) is 14.6. The zero-order valence-corrected chi connectivity index (χ0v) is 14.6. The van der Waals surface area contributed by atoms with E-state index in [-0.39, 0.29) is 18.2 Å². The molecular formula is C18H26N2O4. The van der Waals surface area contributed by atoms with Crippen LogP contribution in [-0.2, 0) is 16.1 Å². The Morgan fingerprint density at radius 3 is 2.67 bits per heavy atom. The Bertz CT molecular complexity index is 588. The largest absolute Gasteiger partial charge is 0.493 e. The number of carbonyl (C=O) groups excluding carboxylic acids is 2. The van der Waals surface area contributed by atoms with Crippen molar-refractivity contribution in [3.05, 3.63) is 23.8 Å². The molecule has 1 aromatic carbocycles. The summed E-state index contributed by atoms with van der Waals surface area (Å²) in [6.45, 7) is 3.99. The van der Waals surface area contributed by atoms with E-state index >= 15 is 0 Å². The number of ether oxygens (including phenoxy) is 2. The average Bonchev–Trinajstić information content (AvgIpc) is 2.59. The quantitative estimate of drug-likeness (QED) is 0.808. The van der Waals surface area contributed by atoms with Gasteiger partial charge in [-0.05, 0) is 36.5 Å². The third kappa shape index (κ3) is 4.88. The lowest BCUT2D eigenvalue weighted by atomic mass is 10.00. The van der Waals surface area contributed by atoms with Crippen LogP contribution in [0.2, 0.25) is 0 Å². The Hall–Kier alpha value is -2.24. The van der Waals surface area contributed by atoms with Crippen molar-refractivity contribution in [2.75, 3.05) is 27.3 Å². The van der Waals surface area contributed by atoms with Crippen molar-refractivity contribution in [3.63, 3.8) is 0 Å². The minimum Gasteiger partial charge on any atom is -0.493 e. The summed E-state index contributed by atoms with van der Waals surface area (Å²) in [6, 6.07) is 5.46. The van der Waals surface area contributed by atoms with E-state index in [9.17, 15) is 9.59 Å². The Balaban J connectivity index is 1.83. The number of benzene rings is 1. The summed E-state index contributed by atoms with van der Waals surface area (Å²) < 4.78 is 10.4. The summed E-state index contributed by atoms with van der Waals surface area (Å²) in [5.74, 6) is 1.42. The second-order valence-corrected chi connectivity index (χ2v) is 6.23. The van der Waals surface area contributed by atoms with Gasteiger partial charge in [-0.15, -0.1) is 0 Å². The van der Waals surface area contributed by atoms with Gasteiger partial charge in [0.15, 0.2) is 11.5 Å². The van der Waals surface area contributed by atoms with Gasteiger partial charge in [-0.3, -0.25) is 9.59 Å². The van der Waals surface area contributed by atoms with Crippen LogP contribution >= 0.6 is 0 Å². The first kappa shape index (κ1) is 18.1. The molecule has 132 valence electrons. The molecule has 1 aromatic rings. The first-order chi connectivity index (χ1) is 11.5. The minimum atomic E-state index is -0.256. The predicted octanol–water partition coefficient (Wildman–Crippen LogP) is 1.97. The smallest absolute Gasteiger partial charge is 0.232 e. The number of amides is 2. The van der Waals surface area contributed by atoms with Crippen molar-refractivity contribution in [2.24, 2.45) is 5.92 Å². The Kier molecular flexibility index (Phi) is 6.46. The van der Waals surface area contributed by atoms with Gasteiger partial charge in [-0.25, -0.2) is 0 Å². The van der Waals surface area contributed by atoms with Crippen LogP contribution in [0.25, 0.3) is 0 Å². The Labute approximate surface area is 143 Å². The van der Waals surface area contributed by atoms with Crippen LogP contribution < -0.4 is 14.8 Å².